The fourth-order valence-electron chi connectivity index (χ4n) is 1.05. The molecule has 1 rings (SSSR count). The maximum atomic E-state index is 10.9. The minimum atomic E-state index is -0.243. The summed E-state index contributed by atoms with van der Waals surface area (Å²) >= 11 is 0. The van der Waals surface area contributed by atoms with E-state index >= 15 is 0 Å². The molecule has 10 heavy (non-hydrogen) atoms. The van der Waals surface area contributed by atoms with Crippen molar-refractivity contribution >= 4 is 0 Å². The molecule has 1 aromatic heterocycles. The van der Waals surface area contributed by atoms with Crippen LogP contribution in [0.4, 0.5) is 0 Å². The van der Waals surface area contributed by atoms with Gasteiger partial charge >= 0.3 is 5.63 Å². The van der Waals surface area contributed by atoms with Crippen LogP contribution in [0.15, 0.2) is 9.32 Å². The molecule has 0 atom stereocenters. The van der Waals surface area contributed by atoms with Crippen molar-refractivity contribution in [1.82, 2.24) is 5.16 Å². The van der Waals surface area contributed by atoms with E-state index in [0.717, 1.165) is 11.3 Å². The van der Waals surface area contributed by atoms with Crippen LogP contribution in [0, 0.1) is 6.92 Å². The summed E-state index contributed by atoms with van der Waals surface area (Å²) in [6.07, 6.45) is 0. The van der Waals surface area contributed by atoms with Crippen LogP contribution >= 0.6 is 0 Å². The molecule has 3 heteroatoms. The van der Waals surface area contributed by atoms with E-state index < -0.39 is 0 Å². The molecule has 0 saturated carbocycles. The highest BCUT2D eigenvalue weighted by Crippen LogP contribution is 2.11. The van der Waals surface area contributed by atoms with E-state index in [2.05, 4.69) is 9.68 Å². The van der Waals surface area contributed by atoms with Crippen molar-refractivity contribution in [2.24, 2.45) is 0 Å². The molecule has 0 aliphatic rings. The molecule has 0 aromatic carbocycles. The second-order valence-electron chi connectivity index (χ2n) is 2.68. The van der Waals surface area contributed by atoms with Gasteiger partial charge in [0.05, 0.1) is 11.3 Å². The molecule has 0 spiro atoms. The van der Waals surface area contributed by atoms with Crippen molar-refractivity contribution in [3.05, 3.63) is 21.7 Å². The number of H-pyrrole nitrogens is 1. The third kappa shape index (κ3) is 0.988. The summed E-state index contributed by atoms with van der Waals surface area (Å²) in [5, 5.41) is 2.53. The molecule has 0 radical (unpaired) electrons. The lowest BCUT2D eigenvalue weighted by atomic mass is 10.1. The molecular weight excluding hydrogens is 130 g/mol. The number of aromatic nitrogens is 1. The lowest BCUT2D eigenvalue weighted by Gasteiger charge is -1.96. The summed E-state index contributed by atoms with van der Waals surface area (Å²) < 4.78 is 4.58. The van der Waals surface area contributed by atoms with Gasteiger partial charge in [-0.1, -0.05) is 13.8 Å². The van der Waals surface area contributed by atoms with Gasteiger partial charge in [0, 0.05) is 0 Å². The average Bonchev–Trinajstić information content (AvgIpc) is 2.11. The third-order valence-electron chi connectivity index (χ3n) is 1.50. The van der Waals surface area contributed by atoms with Gasteiger partial charge in [-0.05, 0) is 12.8 Å². The van der Waals surface area contributed by atoms with Crippen molar-refractivity contribution < 1.29 is 4.52 Å². The molecule has 56 valence electrons. The Labute approximate surface area is 59.0 Å². The molecule has 1 heterocycles. The summed E-state index contributed by atoms with van der Waals surface area (Å²) in [4.78, 5) is 10.9. The Morgan fingerprint density at radius 2 is 2.10 bits per heavy atom. The molecular formula is C7H11NO2. The van der Waals surface area contributed by atoms with Crippen LogP contribution < -0.4 is 5.63 Å². The van der Waals surface area contributed by atoms with E-state index in [-0.39, 0.29) is 11.5 Å². The van der Waals surface area contributed by atoms with Gasteiger partial charge in [0.15, 0.2) is 0 Å². The van der Waals surface area contributed by atoms with Gasteiger partial charge < -0.3 is 4.52 Å². The predicted molar refractivity (Wildman–Crippen MR) is 38.2 cm³/mol. The van der Waals surface area contributed by atoms with Gasteiger partial charge in [0.1, 0.15) is 0 Å². The van der Waals surface area contributed by atoms with E-state index in [1.54, 1.807) is 0 Å². The predicted octanol–water partition coefficient (Wildman–Crippen LogP) is 1.40. The number of hydrogen-bond donors (Lipinski definition) is 1. The Bertz CT molecular complexity index is 269. The first-order chi connectivity index (χ1) is 4.63. The molecule has 0 fully saturated rings. The molecule has 0 bridgehead atoms. The highest BCUT2D eigenvalue weighted by atomic mass is 16.5. The smallest absolute Gasteiger partial charge is 0.339 e. The van der Waals surface area contributed by atoms with Crippen LogP contribution in [0.2, 0.25) is 0 Å². The van der Waals surface area contributed by atoms with Crippen LogP contribution in [0.3, 0.4) is 0 Å². The Kier molecular flexibility index (Phi) is 1.66. The Morgan fingerprint density at radius 1 is 1.50 bits per heavy atom. The maximum Gasteiger partial charge on any atom is 0.360 e. The molecule has 3 nitrogen and oxygen atoms in total. The molecule has 0 aliphatic heterocycles. The molecule has 0 amide bonds. The number of rotatable bonds is 1. The van der Waals surface area contributed by atoms with Gasteiger partial charge in [-0.3, -0.25) is 0 Å². The quantitative estimate of drug-likeness (QED) is 0.642. The van der Waals surface area contributed by atoms with Crippen molar-refractivity contribution in [3.63, 3.8) is 0 Å². The Morgan fingerprint density at radius 3 is 2.30 bits per heavy atom. The summed E-state index contributed by atoms with van der Waals surface area (Å²) in [5.74, 6) is 0.238. The van der Waals surface area contributed by atoms with E-state index in [1.165, 1.54) is 0 Å². The van der Waals surface area contributed by atoms with Gasteiger partial charge in [0.25, 0.3) is 0 Å². The first kappa shape index (κ1) is 7.12. The van der Waals surface area contributed by atoms with Crippen LogP contribution in [0.25, 0.3) is 0 Å². The number of hydrogen-bond acceptors (Lipinski definition) is 2. The third-order valence-corrected chi connectivity index (χ3v) is 1.50. The lowest BCUT2D eigenvalue weighted by molar-refractivity contribution is 0.386. The Balaban J connectivity index is 3.23. The van der Waals surface area contributed by atoms with E-state index in [0.29, 0.717) is 0 Å². The maximum absolute atomic E-state index is 10.9. The zero-order valence-electron chi connectivity index (χ0n) is 6.39. The second-order valence-corrected chi connectivity index (χ2v) is 2.68. The highest BCUT2D eigenvalue weighted by molar-refractivity contribution is 5.16. The molecule has 1 aromatic rings. The van der Waals surface area contributed by atoms with Gasteiger partial charge in [-0.2, -0.15) is 0 Å². The minimum absolute atomic E-state index is 0.238. The Hall–Kier alpha value is -0.990. The summed E-state index contributed by atoms with van der Waals surface area (Å²) in [7, 11) is 0. The van der Waals surface area contributed by atoms with Crippen LogP contribution in [0.1, 0.15) is 31.0 Å². The highest BCUT2D eigenvalue weighted by Gasteiger charge is 2.10. The lowest BCUT2D eigenvalue weighted by Crippen LogP contribution is -2.03. The number of aryl methyl sites for hydroxylation is 1. The number of aromatic amines is 1. The molecule has 0 saturated heterocycles. The van der Waals surface area contributed by atoms with Gasteiger partial charge in [0.2, 0.25) is 0 Å². The van der Waals surface area contributed by atoms with E-state index in [1.807, 2.05) is 20.8 Å². The molecule has 1 N–H and O–H groups in total. The standard InChI is InChI=1S/C7H11NO2/c1-4(2)6-5(3)8-10-7(6)9/h4,8H,1-3H3. The van der Waals surface area contributed by atoms with Crippen LogP contribution in [-0.4, -0.2) is 5.16 Å². The summed E-state index contributed by atoms with van der Waals surface area (Å²) in [6, 6.07) is 0. The van der Waals surface area contributed by atoms with E-state index in [4.69, 9.17) is 0 Å². The summed E-state index contributed by atoms with van der Waals surface area (Å²) in [5.41, 5.74) is 1.34. The summed E-state index contributed by atoms with van der Waals surface area (Å²) in [6.45, 7) is 5.76. The van der Waals surface area contributed by atoms with Crippen molar-refractivity contribution in [1.29, 1.82) is 0 Å². The average molecular weight is 141 g/mol. The van der Waals surface area contributed by atoms with Crippen LogP contribution in [0.5, 0.6) is 0 Å². The molecule has 0 unspecified atom stereocenters. The fourth-order valence-corrected chi connectivity index (χ4v) is 1.05. The van der Waals surface area contributed by atoms with Crippen LogP contribution in [-0.2, 0) is 0 Å². The second kappa shape index (κ2) is 2.33. The van der Waals surface area contributed by atoms with E-state index in [9.17, 15) is 4.79 Å². The minimum Gasteiger partial charge on any atom is -0.339 e. The molecule has 0 aliphatic carbocycles. The SMILES string of the molecule is Cc1[nH]oc(=O)c1C(C)C. The zero-order valence-corrected chi connectivity index (χ0v) is 6.39. The first-order valence-electron chi connectivity index (χ1n) is 3.31. The fraction of sp³-hybridized carbons (Fsp3) is 0.571. The first-order valence-corrected chi connectivity index (χ1v) is 3.31. The normalized spacial score (nSPS) is 10.8. The van der Waals surface area contributed by atoms with Crippen molar-refractivity contribution in [2.45, 2.75) is 26.7 Å². The number of nitrogens with one attached hydrogen (secondary N) is 1. The monoisotopic (exact) mass is 141 g/mol. The largest absolute Gasteiger partial charge is 0.360 e. The van der Waals surface area contributed by atoms with Gasteiger partial charge in [-0.25, -0.2) is 9.95 Å². The zero-order chi connectivity index (χ0) is 7.72. The van der Waals surface area contributed by atoms with Gasteiger partial charge in [-0.15, -0.1) is 0 Å². The van der Waals surface area contributed by atoms with Crippen molar-refractivity contribution in [3.8, 4) is 0 Å². The topological polar surface area (TPSA) is 46.0 Å². The van der Waals surface area contributed by atoms with Crippen molar-refractivity contribution in [2.75, 3.05) is 0 Å².